The summed E-state index contributed by atoms with van der Waals surface area (Å²) in [6.07, 6.45) is 0.775. The quantitative estimate of drug-likeness (QED) is 0.528. The van der Waals surface area contributed by atoms with Crippen molar-refractivity contribution in [2.45, 2.75) is 67.4 Å². The fourth-order valence-corrected chi connectivity index (χ4v) is 2.23. The molecule has 122 valence electrons. The fraction of sp³-hybridized carbons (Fsp3) is 0.765. The second-order valence-corrected chi connectivity index (χ2v) is 7.24. The summed E-state index contributed by atoms with van der Waals surface area (Å²) in [7, 11) is 0. The molecule has 0 N–H and O–H groups in total. The molecule has 1 unspecified atom stereocenters. The van der Waals surface area contributed by atoms with Crippen LogP contribution >= 0.6 is 0 Å². The average Bonchev–Trinajstić information content (AvgIpc) is 2.34. The van der Waals surface area contributed by atoms with Gasteiger partial charge in [0.2, 0.25) is 0 Å². The van der Waals surface area contributed by atoms with Gasteiger partial charge in [-0.25, -0.2) is 4.79 Å². The normalized spacial score (nSPS) is 13.5. The summed E-state index contributed by atoms with van der Waals surface area (Å²) >= 11 is 0. The topological polar surface area (TPSA) is 52.6 Å². The standard InChI is InChI=1S/C17H30O4/c1-9-17(7,8)15(16(4,5)6)21-13(18)10-11-20-14(19)12(2)3/h15H,2,9-11H2,1,3-8H3. The summed E-state index contributed by atoms with van der Waals surface area (Å²) in [4.78, 5) is 23.2. The van der Waals surface area contributed by atoms with Crippen molar-refractivity contribution >= 4 is 11.9 Å². The third-order valence-corrected chi connectivity index (χ3v) is 3.54. The Labute approximate surface area is 128 Å². The molecule has 0 heterocycles. The summed E-state index contributed by atoms with van der Waals surface area (Å²) in [5.41, 5.74) is 0.0642. The smallest absolute Gasteiger partial charge is 0.333 e. The van der Waals surface area contributed by atoms with Crippen LogP contribution in [0.2, 0.25) is 0 Å². The van der Waals surface area contributed by atoms with Crippen LogP contribution in [0.15, 0.2) is 12.2 Å². The highest BCUT2D eigenvalue weighted by Gasteiger charge is 2.39. The van der Waals surface area contributed by atoms with Crippen LogP contribution in [0.4, 0.5) is 0 Å². The molecule has 0 aromatic rings. The summed E-state index contributed by atoms with van der Waals surface area (Å²) in [5.74, 6) is -0.824. The molecule has 1 atom stereocenters. The highest BCUT2D eigenvalue weighted by molar-refractivity contribution is 5.87. The molecule has 0 saturated carbocycles. The molecule has 0 spiro atoms. The molecule has 21 heavy (non-hydrogen) atoms. The SMILES string of the molecule is C=C(C)C(=O)OCCC(=O)OC(C(C)(C)C)C(C)(C)CC. The van der Waals surface area contributed by atoms with Gasteiger partial charge in [-0.1, -0.05) is 48.1 Å². The van der Waals surface area contributed by atoms with Crippen LogP contribution in [-0.4, -0.2) is 24.6 Å². The lowest BCUT2D eigenvalue weighted by Gasteiger charge is -2.41. The van der Waals surface area contributed by atoms with Gasteiger partial charge < -0.3 is 9.47 Å². The maximum Gasteiger partial charge on any atom is 0.333 e. The molecule has 0 aromatic carbocycles. The van der Waals surface area contributed by atoms with E-state index in [4.69, 9.17) is 9.47 Å². The minimum Gasteiger partial charge on any atom is -0.462 e. The van der Waals surface area contributed by atoms with Gasteiger partial charge in [0.1, 0.15) is 12.7 Å². The van der Waals surface area contributed by atoms with E-state index in [-0.39, 0.29) is 35.9 Å². The van der Waals surface area contributed by atoms with Crippen LogP contribution in [-0.2, 0) is 19.1 Å². The molecule has 0 fully saturated rings. The Morgan fingerprint density at radius 2 is 1.67 bits per heavy atom. The number of hydrogen-bond donors (Lipinski definition) is 0. The number of carbonyl (C=O) groups excluding carboxylic acids is 2. The van der Waals surface area contributed by atoms with Gasteiger partial charge in [0.25, 0.3) is 0 Å². The minimum absolute atomic E-state index is 0.0218. The molecule has 4 heteroatoms. The molecule has 4 nitrogen and oxygen atoms in total. The Morgan fingerprint density at radius 3 is 2.05 bits per heavy atom. The van der Waals surface area contributed by atoms with E-state index in [1.54, 1.807) is 6.92 Å². The van der Waals surface area contributed by atoms with Crippen molar-refractivity contribution in [3.05, 3.63) is 12.2 Å². The Kier molecular flexibility index (Phi) is 7.14. The van der Waals surface area contributed by atoms with E-state index in [2.05, 4.69) is 48.1 Å². The maximum absolute atomic E-state index is 12.0. The second-order valence-electron chi connectivity index (χ2n) is 7.24. The van der Waals surface area contributed by atoms with Crippen molar-refractivity contribution in [3.8, 4) is 0 Å². The minimum atomic E-state index is -0.482. The van der Waals surface area contributed by atoms with E-state index >= 15 is 0 Å². The highest BCUT2D eigenvalue weighted by atomic mass is 16.6. The zero-order valence-electron chi connectivity index (χ0n) is 14.5. The van der Waals surface area contributed by atoms with Gasteiger partial charge in [0.15, 0.2) is 0 Å². The lowest BCUT2D eigenvalue weighted by atomic mass is 9.71. The van der Waals surface area contributed by atoms with Crippen molar-refractivity contribution in [1.29, 1.82) is 0 Å². The van der Waals surface area contributed by atoms with Gasteiger partial charge in [-0.2, -0.15) is 0 Å². The van der Waals surface area contributed by atoms with Crippen LogP contribution in [0.3, 0.4) is 0 Å². The van der Waals surface area contributed by atoms with Gasteiger partial charge in [-0.15, -0.1) is 0 Å². The maximum atomic E-state index is 12.0. The number of carbonyl (C=O) groups is 2. The van der Waals surface area contributed by atoms with E-state index in [0.717, 1.165) is 6.42 Å². The second kappa shape index (κ2) is 7.62. The van der Waals surface area contributed by atoms with Crippen molar-refractivity contribution in [2.75, 3.05) is 6.61 Å². The van der Waals surface area contributed by atoms with Crippen molar-refractivity contribution in [1.82, 2.24) is 0 Å². The van der Waals surface area contributed by atoms with E-state index in [1.165, 1.54) is 0 Å². The van der Waals surface area contributed by atoms with Crippen LogP contribution in [0.25, 0.3) is 0 Å². The Balaban J connectivity index is 4.57. The average molecular weight is 298 g/mol. The van der Waals surface area contributed by atoms with Gasteiger partial charge in [-0.3, -0.25) is 4.79 Å². The fourth-order valence-electron chi connectivity index (χ4n) is 2.23. The third kappa shape index (κ3) is 6.78. The molecule has 0 rings (SSSR count). The van der Waals surface area contributed by atoms with E-state index in [0.29, 0.717) is 5.57 Å². The van der Waals surface area contributed by atoms with Gasteiger partial charge in [-0.05, 0) is 18.8 Å². The summed E-state index contributed by atoms with van der Waals surface area (Å²) in [6, 6.07) is 0. The molecule has 0 aliphatic rings. The van der Waals surface area contributed by atoms with E-state index < -0.39 is 5.97 Å². The lowest BCUT2D eigenvalue weighted by Crippen LogP contribution is -2.43. The lowest BCUT2D eigenvalue weighted by molar-refractivity contribution is -0.166. The number of hydrogen-bond acceptors (Lipinski definition) is 4. The largest absolute Gasteiger partial charge is 0.462 e. The Hall–Kier alpha value is -1.32. The summed E-state index contributed by atoms with van der Waals surface area (Å²) in [5, 5.41) is 0. The van der Waals surface area contributed by atoms with Crippen LogP contribution < -0.4 is 0 Å². The highest BCUT2D eigenvalue weighted by Crippen LogP contribution is 2.38. The van der Waals surface area contributed by atoms with Crippen LogP contribution in [0, 0.1) is 10.8 Å². The summed E-state index contributed by atoms with van der Waals surface area (Å²) < 4.78 is 10.6. The van der Waals surface area contributed by atoms with E-state index in [1.807, 2.05) is 0 Å². The zero-order chi connectivity index (χ0) is 16.8. The Bertz CT molecular complexity index is 388. The third-order valence-electron chi connectivity index (χ3n) is 3.54. The first kappa shape index (κ1) is 19.7. The molecule has 0 aliphatic carbocycles. The van der Waals surface area contributed by atoms with Crippen molar-refractivity contribution < 1.29 is 19.1 Å². The monoisotopic (exact) mass is 298 g/mol. The molecule has 0 saturated heterocycles. The Morgan fingerprint density at radius 1 is 1.14 bits per heavy atom. The molecule has 0 amide bonds. The molecule has 0 aromatic heterocycles. The molecular formula is C17H30O4. The predicted molar refractivity (Wildman–Crippen MR) is 83.8 cm³/mol. The van der Waals surface area contributed by atoms with Crippen LogP contribution in [0.1, 0.15) is 61.3 Å². The molecular weight excluding hydrogens is 268 g/mol. The molecule has 0 radical (unpaired) electrons. The van der Waals surface area contributed by atoms with Gasteiger partial charge >= 0.3 is 11.9 Å². The number of ether oxygens (including phenoxy) is 2. The molecule has 0 bridgehead atoms. The number of esters is 2. The zero-order valence-corrected chi connectivity index (χ0v) is 14.5. The first-order chi connectivity index (χ1) is 9.41. The van der Waals surface area contributed by atoms with Gasteiger partial charge in [0.05, 0.1) is 6.42 Å². The van der Waals surface area contributed by atoms with Crippen molar-refractivity contribution in [2.24, 2.45) is 10.8 Å². The number of rotatable bonds is 7. The van der Waals surface area contributed by atoms with Crippen molar-refractivity contribution in [3.63, 3.8) is 0 Å². The first-order valence-corrected chi connectivity index (χ1v) is 7.44. The molecule has 0 aliphatic heterocycles. The van der Waals surface area contributed by atoms with Gasteiger partial charge in [0, 0.05) is 11.0 Å². The summed E-state index contributed by atoms with van der Waals surface area (Å²) in [6.45, 7) is 17.5. The van der Waals surface area contributed by atoms with Crippen LogP contribution in [0.5, 0.6) is 0 Å². The van der Waals surface area contributed by atoms with E-state index in [9.17, 15) is 9.59 Å². The first-order valence-electron chi connectivity index (χ1n) is 7.44. The predicted octanol–water partition coefficient (Wildman–Crippen LogP) is 3.89.